The molecule has 0 aliphatic heterocycles. The van der Waals surface area contributed by atoms with Crippen LogP contribution in [0.25, 0.3) is 11.1 Å². The summed E-state index contributed by atoms with van der Waals surface area (Å²) >= 11 is 0. The van der Waals surface area contributed by atoms with Crippen molar-refractivity contribution in [2.75, 3.05) is 13.7 Å². The molecule has 25 heavy (non-hydrogen) atoms. The Morgan fingerprint density at radius 2 is 1.52 bits per heavy atom. The van der Waals surface area contributed by atoms with Gasteiger partial charge in [-0.2, -0.15) is 0 Å². The SMILES string of the molecule is Cc1ccc(-c2ccc(OCC(=O)N(C)C3CCCCC3)cc2)cc1. The van der Waals surface area contributed by atoms with Crippen molar-refractivity contribution < 1.29 is 9.53 Å². The highest BCUT2D eigenvalue weighted by atomic mass is 16.5. The van der Waals surface area contributed by atoms with Gasteiger partial charge in [0, 0.05) is 13.1 Å². The van der Waals surface area contributed by atoms with Crippen molar-refractivity contribution >= 4 is 5.91 Å². The molecule has 0 saturated heterocycles. The van der Waals surface area contributed by atoms with Crippen LogP contribution in [0.1, 0.15) is 37.7 Å². The third-order valence-electron chi connectivity index (χ3n) is 5.12. The molecule has 2 aromatic rings. The first-order valence-corrected chi connectivity index (χ1v) is 9.19. The maximum Gasteiger partial charge on any atom is 0.260 e. The Bertz CT molecular complexity index is 685. The van der Waals surface area contributed by atoms with Gasteiger partial charge in [0.2, 0.25) is 0 Å². The normalized spacial score (nSPS) is 15.0. The molecule has 132 valence electrons. The van der Waals surface area contributed by atoms with Crippen LogP contribution >= 0.6 is 0 Å². The van der Waals surface area contributed by atoms with Crippen molar-refractivity contribution in [1.82, 2.24) is 4.90 Å². The van der Waals surface area contributed by atoms with E-state index >= 15 is 0 Å². The minimum atomic E-state index is 0.0644. The monoisotopic (exact) mass is 337 g/mol. The van der Waals surface area contributed by atoms with E-state index in [-0.39, 0.29) is 12.5 Å². The van der Waals surface area contributed by atoms with Gasteiger partial charge in [0.25, 0.3) is 5.91 Å². The Morgan fingerprint density at radius 1 is 0.960 bits per heavy atom. The molecular formula is C22H27NO2. The second kappa shape index (κ2) is 8.19. The summed E-state index contributed by atoms with van der Waals surface area (Å²) in [4.78, 5) is 14.2. The summed E-state index contributed by atoms with van der Waals surface area (Å²) in [5.74, 6) is 0.802. The molecule has 0 N–H and O–H groups in total. The van der Waals surface area contributed by atoms with Crippen molar-refractivity contribution in [3.8, 4) is 16.9 Å². The largest absolute Gasteiger partial charge is 0.484 e. The molecule has 1 fully saturated rings. The first-order chi connectivity index (χ1) is 12.1. The fraction of sp³-hybridized carbons (Fsp3) is 0.409. The van der Waals surface area contributed by atoms with Gasteiger partial charge in [0.15, 0.2) is 6.61 Å². The maximum atomic E-state index is 12.3. The molecule has 1 aliphatic carbocycles. The van der Waals surface area contributed by atoms with Gasteiger partial charge in [-0.05, 0) is 43.0 Å². The summed E-state index contributed by atoms with van der Waals surface area (Å²) < 4.78 is 5.70. The lowest BCUT2D eigenvalue weighted by atomic mass is 9.94. The van der Waals surface area contributed by atoms with E-state index in [1.165, 1.54) is 30.4 Å². The molecule has 3 heteroatoms. The van der Waals surface area contributed by atoms with Crippen molar-refractivity contribution in [2.45, 2.75) is 45.1 Å². The Balaban J connectivity index is 1.54. The summed E-state index contributed by atoms with van der Waals surface area (Å²) in [6.45, 7) is 2.19. The van der Waals surface area contributed by atoms with Crippen LogP contribution in [0, 0.1) is 6.92 Å². The highest BCUT2D eigenvalue weighted by molar-refractivity contribution is 5.77. The summed E-state index contributed by atoms with van der Waals surface area (Å²) in [5.41, 5.74) is 3.59. The summed E-state index contributed by atoms with van der Waals surface area (Å²) in [7, 11) is 1.90. The smallest absolute Gasteiger partial charge is 0.260 e. The Labute approximate surface area is 150 Å². The maximum absolute atomic E-state index is 12.3. The lowest BCUT2D eigenvalue weighted by Crippen LogP contribution is -2.40. The molecule has 2 aromatic carbocycles. The molecule has 0 spiro atoms. The van der Waals surface area contributed by atoms with E-state index in [1.807, 2.05) is 36.2 Å². The number of ether oxygens (including phenoxy) is 1. The molecule has 3 rings (SSSR count). The van der Waals surface area contributed by atoms with E-state index in [9.17, 15) is 4.79 Å². The molecular weight excluding hydrogens is 310 g/mol. The number of nitrogens with zero attached hydrogens (tertiary/aromatic N) is 1. The van der Waals surface area contributed by atoms with E-state index in [2.05, 4.69) is 31.2 Å². The summed E-state index contributed by atoms with van der Waals surface area (Å²) in [6.07, 6.45) is 5.98. The van der Waals surface area contributed by atoms with Crippen molar-refractivity contribution in [1.29, 1.82) is 0 Å². The molecule has 0 heterocycles. The average molecular weight is 337 g/mol. The van der Waals surface area contributed by atoms with E-state index in [1.54, 1.807) is 0 Å². The number of carbonyl (C=O) groups excluding carboxylic acids is 1. The van der Waals surface area contributed by atoms with Gasteiger partial charge in [-0.25, -0.2) is 0 Å². The van der Waals surface area contributed by atoms with Crippen molar-refractivity contribution in [3.05, 3.63) is 54.1 Å². The molecule has 1 amide bonds. The van der Waals surface area contributed by atoms with Gasteiger partial charge in [0.05, 0.1) is 0 Å². The van der Waals surface area contributed by atoms with Crippen LogP contribution in [-0.4, -0.2) is 30.5 Å². The summed E-state index contributed by atoms with van der Waals surface area (Å²) in [5, 5.41) is 0. The van der Waals surface area contributed by atoms with Gasteiger partial charge in [-0.3, -0.25) is 4.79 Å². The van der Waals surface area contributed by atoms with Crippen molar-refractivity contribution in [2.24, 2.45) is 0 Å². The number of hydrogen-bond donors (Lipinski definition) is 0. The Kier molecular flexibility index (Phi) is 5.75. The topological polar surface area (TPSA) is 29.5 Å². The number of rotatable bonds is 5. The van der Waals surface area contributed by atoms with Crippen LogP contribution in [0.15, 0.2) is 48.5 Å². The second-order valence-electron chi connectivity index (χ2n) is 6.98. The predicted octanol–water partition coefficient (Wildman–Crippen LogP) is 4.83. The Hall–Kier alpha value is -2.29. The molecule has 3 nitrogen and oxygen atoms in total. The van der Waals surface area contributed by atoms with E-state index in [4.69, 9.17) is 4.74 Å². The Morgan fingerprint density at radius 3 is 2.12 bits per heavy atom. The number of amides is 1. The third kappa shape index (κ3) is 4.62. The highest BCUT2D eigenvalue weighted by Gasteiger charge is 2.22. The highest BCUT2D eigenvalue weighted by Crippen LogP contribution is 2.24. The van der Waals surface area contributed by atoms with Crippen LogP contribution in [0.4, 0.5) is 0 Å². The third-order valence-corrected chi connectivity index (χ3v) is 5.12. The first kappa shape index (κ1) is 17.5. The van der Waals surface area contributed by atoms with E-state index in [0.29, 0.717) is 6.04 Å². The molecule has 0 radical (unpaired) electrons. The van der Waals surface area contributed by atoms with Crippen LogP contribution in [-0.2, 0) is 4.79 Å². The zero-order valence-electron chi connectivity index (χ0n) is 15.2. The van der Waals surface area contributed by atoms with E-state index in [0.717, 1.165) is 24.2 Å². The van der Waals surface area contributed by atoms with E-state index < -0.39 is 0 Å². The predicted molar refractivity (Wildman–Crippen MR) is 102 cm³/mol. The van der Waals surface area contributed by atoms with Gasteiger partial charge >= 0.3 is 0 Å². The molecule has 1 saturated carbocycles. The fourth-order valence-corrected chi connectivity index (χ4v) is 3.41. The van der Waals surface area contributed by atoms with Crippen LogP contribution in [0.3, 0.4) is 0 Å². The molecule has 0 bridgehead atoms. The zero-order valence-corrected chi connectivity index (χ0v) is 15.2. The van der Waals surface area contributed by atoms with Gasteiger partial charge < -0.3 is 9.64 Å². The van der Waals surface area contributed by atoms with Crippen LogP contribution < -0.4 is 4.74 Å². The second-order valence-corrected chi connectivity index (χ2v) is 6.98. The van der Waals surface area contributed by atoms with Gasteiger partial charge in [0.1, 0.15) is 5.75 Å². The molecule has 0 atom stereocenters. The van der Waals surface area contributed by atoms with Gasteiger partial charge in [-0.15, -0.1) is 0 Å². The number of aryl methyl sites for hydroxylation is 1. The van der Waals surface area contributed by atoms with Crippen LogP contribution in [0.2, 0.25) is 0 Å². The lowest BCUT2D eigenvalue weighted by Gasteiger charge is -2.31. The number of likely N-dealkylation sites (N-methyl/N-ethyl adjacent to an activating group) is 1. The van der Waals surface area contributed by atoms with Crippen molar-refractivity contribution in [3.63, 3.8) is 0 Å². The molecule has 1 aliphatic rings. The first-order valence-electron chi connectivity index (χ1n) is 9.19. The number of hydrogen-bond acceptors (Lipinski definition) is 2. The zero-order chi connectivity index (χ0) is 17.6. The quantitative estimate of drug-likeness (QED) is 0.782. The minimum Gasteiger partial charge on any atom is -0.484 e. The number of benzene rings is 2. The lowest BCUT2D eigenvalue weighted by molar-refractivity contribution is -0.134. The van der Waals surface area contributed by atoms with Crippen LogP contribution in [0.5, 0.6) is 5.75 Å². The molecule has 0 unspecified atom stereocenters. The van der Waals surface area contributed by atoms with Gasteiger partial charge in [-0.1, -0.05) is 61.2 Å². The number of carbonyl (C=O) groups is 1. The fourth-order valence-electron chi connectivity index (χ4n) is 3.41. The average Bonchev–Trinajstić information content (AvgIpc) is 2.67. The minimum absolute atomic E-state index is 0.0644. The summed E-state index contributed by atoms with van der Waals surface area (Å²) in [6, 6.07) is 16.8. The standard InChI is InChI=1S/C22H27NO2/c1-17-8-10-18(11-9-17)19-12-14-21(15-13-19)25-16-22(24)23(2)20-6-4-3-5-7-20/h8-15,20H,3-7,16H2,1-2H3. The molecule has 0 aromatic heterocycles.